The Balaban J connectivity index is 0.00000420. The van der Waals surface area contributed by atoms with E-state index in [1.54, 1.807) is 29.0 Å². The Morgan fingerprint density at radius 2 is 1.69 bits per heavy atom. The molecule has 39 heavy (non-hydrogen) atoms. The number of carboxylic acid groups (broad SMARTS) is 1. The summed E-state index contributed by atoms with van der Waals surface area (Å²) in [4.78, 5) is 21.4. The van der Waals surface area contributed by atoms with Crippen LogP contribution < -0.4 is 0 Å². The van der Waals surface area contributed by atoms with Gasteiger partial charge in [0, 0.05) is 50.0 Å². The predicted octanol–water partition coefficient (Wildman–Crippen LogP) is 7.24. The first-order chi connectivity index (χ1) is 17.9. The van der Waals surface area contributed by atoms with Gasteiger partial charge in [0.25, 0.3) is 0 Å². The van der Waals surface area contributed by atoms with Crippen LogP contribution >= 0.6 is 0 Å². The smallest absolute Gasteiger partial charge is 0.372 e. The number of halogens is 2. The molecule has 0 unspecified atom stereocenters. The van der Waals surface area contributed by atoms with Crippen LogP contribution in [-0.4, -0.2) is 25.6 Å². The van der Waals surface area contributed by atoms with Crippen molar-refractivity contribution in [3.05, 3.63) is 100 Å². The van der Waals surface area contributed by atoms with Crippen LogP contribution in [0.15, 0.2) is 48.7 Å². The maximum atomic E-state index is 15.4. The summed E-state index contributed by atoms with van der Waals surface area (Å²) in [6.07, 6.45) is 2.67. The van der Waals surface area contributed by atoms with Crippen molar-refractivity contribution in [2.24, 2.45) is 5.92 Å². The summed E-state index contributed by atoms with van der Waals surface area (Å²) in [6, 6.07) is 14.9. The van der Waals surface area contributed by atoms with Gasteiger partial charge in [0.15, 0.2) is 0 Å². The number of benzene rings is 2. The van der Waals surface area contributed by atoms with E-state index in [0.717, 1.165) is 16.8 Å². The molecule has 0 saturated heterocycles. The summed E-state index contributed by atoms with van der Waals surface area (Å²) in [5.74, 6) is -2.20. The summed E-state index contributed by atoms with van der Waals surface area (Å²) in [7, 11) is 0. The number of hydrogen-bond acceptors (Lipinski definition) is 3. The number of hydrogen-bond donors (Lipinski definition) is 1. The van der Waals surface area contributed by atoms with Gasteiger partial charge in [0.1, 0.15) is 0 Å². The number of rotatable bonds is 8. The Morgan fingerprint density at radius 3 is 2.31 bits per heavy atom. The largest absolute Gasteiger partial charge is 0.475 e. The van der Waals surface area contributed by atoms with E-state index in [1.807, 2.05) is 59.7 Å². The van der Waals surface area contributed by atoms with E-state index in [-0.39, 0.29) is 44.4 Å². The zero-order chi connectivity index (χ0) is 27.8. The molecule has 5 nitrogen and oxygen atoms in total. The molecule has 4 rings (SSSR count). The SMILES string of the molecule is Cc1cccc(C)c1-n1cc(C(C)(C)c2cccc(-c3[c-]cc(F)c(CCC(C)C)c3F)n2)nc1C(=O)O.[Pt]. The van der Waals surface area contributed by atoms with E-state index in [0.29, 0.717) is 29.4 Å². The van der Waals surface area contributed by atoms with E-state index in [9.17, 15) is 14.3 Å². The number of carbonyl (C=O) groups is 1. The molecule has 2 aromatic carbocycles. The number of aromatic carboxylic acids is 1. The fourth-order valence-corrected chi connectivity index (χ4v) is 4.63. The minimum absolute atomic E-state index is 0. The Morgan fingerprint density at radius 1 is 1.05 bits per heavy atom. The van der Waals surface area contributed by atoms with E-state index in [2.05, 4.69) is 11.1 Å². The molecule has 0 spiro atoms. The average molecular weight is 712 g/mol. The van der Waals surface area contributed by atoms with Gasteiger partial charge in [-0.05, 0) is 69.3 Å². The van der Waals surface area contributed by atoms with Gasteiger partial charge in [-0.15, -0.1) is 12.1 Å². The summed E-state index contributed by atoms with van der Waals surface area (Å²) < 4.78 is 31.5. The molecule has 0 atom stereocenters. The topological polar surface area (TPSA) is 68.0 Å². The molecule has 0 aliphatic rings. The van der Waals surface area contributed by atoms with Crippen molar-refractivity contribution in [1.82, 2.24) is 14.5 Å². The molecule has 2 aromatic heterocycles. The van der Waals surface area contributed by atoms with E-state index in [4.69, 9.17) is 4.98 Å². The van der Waals surface area contributed by atoms with Gasteiger partial charge < -0.3 is 10.1 Å². The Hall–Kier alpha value is -3.18. The van der Waals surface area contributed by atoms with Gasteiger partial charge in [-0.1, -0.05) is 55.3 Å². The second kappa shape index (κ2) is 11.9. The Labute approximate surface area is 242 Å². The molecular weight excluding hydrogens is 679 g/mol. The Bertz CT molecular complexity index is 1490. The third-order valence-electron chi connectivity index (χ3n) is 6.95. The third kappa shape index (κ3) is 6.04. The second-order valence-electron chi connectivity index (χ2n) is 10.6. The van der Waals surface area contributed by atoms with Gasteiger partial charge in [-0.25, -0.2) is 9.78 Å². The monoisotopic (exact) mass is 711 g/mol. The molecule has 4 aromatic rings. The molecule has 0 radical (unpaired) electrons. The van der Waals surface area contributed by atoms with E-state index < -0.39 is 23.0 Å². The minimum atomic E-state index is -1.15. The summed E-state index contributed by atoms with van der Waals surface area (Å²) in [5.41, 5.74) is 3.33. The Kier molecular flexibility index (Phi) is 9.27. The first-order valence-electron chi connectivity index (χ1n) is 12.7. The van der Waals surface area contributed by atoms with Gasteiger partial charge in [0.2, 0.25) is 5.82 Å². The number of aryl methyl sites for hydroxylation is 2. The fraction of sp³-hybridized carbons (Fsp3) is 0.323. The fourth-order valence-electron chi connectivity index (χ4n) is 4.63. The van der Waals surface area contributed by atoms with Gasteiger partial charge >= 0.3 is 5.97 Å². The predicted molar refractivity (Wildman–Crippen MR) is 144 cm³/mol. The van der Waals surface area contributed by atoms with Crippen molar-refractivity contribution >= 4 is 5.97 Å². The van der Waals surface area contributed by atoms with Crippen molar-refractivity contribution in [3.63, 3.8) is 0 Å². The standard InChI is InChI=1S/C31H32F2N3O2.Pt/c1-18(2)13-14-21-23(32)16-15-22(27(21)33)24-11-8-12-25(34-24)31(5,6)26-17-36(29(35-26)30(37)38)28-19(3)9-7-10-20(28)4;/h7-12,16-18H,13-14H2,1-6H3,(H,37,38);/q-1;. The quantitative estimate of drug-likeness (QED) is 0.196. The number of carboxylic acids is 1. The van der Waals surface area contributed by atoms with Gasteiger partial charge in [0.05, 0.1) is 11.4 Å². The van der Waals surface area contributed by atoms with E-state index >= 15 is 4.39 Å². The number of aromatic nitrogens is 3. The molecule has 208 valence electrons. The van der Waals surface area contributed by atoms with Crippen LogP contribution in [0, 0.1) is 37.5 Å². The number of pyridine rings is 1. The molecule has 1 N–H and O–H groups in total. The molecule has 0 aliphatic heterocycles. The van der Waals surface area contributed by atoms with Gasteiger partial charge in [-0.3, -0.25) is 13.3 Å². The van der Waals surface area contributed by atoms with Crippen molar-refractivity contribution in [1.29, 1.82) is 0 Å². The van der Waals surface area contributed by atoms with Crippen molar-refractivity contribution in [2.45, 2.75) is 59.8 Å². The van der Waals surface area contributed by atoms with Crippen molar-refractivity contribution in [3.8, 4) is 16.9 Å². The molecular formula is C31H32F2N3O2Pt-. The minimum Gasteiger partial charge on any atom is -0.475 e. The summed E-state index contributed by atoms with van der Waals surface area (Å²) in [6.45, 7) is 11.6. The van der Waals surface area contributed by atoms with Crippen molar-refractivity contribution in [2.75, 3.05) is 0 Å². The number of nitrogens with zero attached hydrogens (tertiary/aromatic N) is 3. The van der Waals surface area contributed by atoms with Crippen LogP contribution in [0.1, 0.15) is 72.8 Å². The maximum absolute atomic E-state index is 15.4. The van der Waals surface area contributed by atoms with Gasteiger partial charge in [-0.2, -0.15) is 0 Å². The van der Waals surface area contributed by atoms with Crippen LogP contribution in [0.25, 0.3) is 16.9 Å². The zero-order valence-corrected chi connectivity index (χ0v) is 25.2. The maximum Gasteiger partial charge on any atom is 0.372 e. The van der Waals surface area contributed by atoms with Crippen LogP contribution in [0.2, 0.25) is 0 Å². The number of para-hydroxylation sites is 1. The normalized spacial score (nSPS) is 11.5. The summed E-state index contributed by atoms with van der Waals surface area (Å²) in [5, 5.41) is 9.93. The second-order valence-corrected chi connectivity index (χ2v) is 10.6. The molecule has 0 aliphatic carbocycles. The van der Waals surface area contributed by atoms with Crippen LogP contribution in [0.3, 0.4) is 0 Å². The third-order valence-corrected chi connectivity index (χ3v) is 6.95. The first kappa shape index (κ1) is 30.4. The zero-order valence-electron chi connectivity index (χ0n) is 22.9. The molecule has 0 saturated carbocycles. The van der Waals surface area contributed by atoms with Crippen LogP contribution in [0.5, 0.6) is 0 Å². The molecule has 8 heteroatoms. The molecule has 0 fully saturated rings. The summed E-state index contributed by atoms with van der Waals surface area (Å²) >= 11 is 0. The van der Waals surface area contributed by atoms with Crippen molar-refractivity contribution < 1.29 is 39.7 Å². The average Bonchev–Trinajstić information content (AvgIpc) is 3.30. The first-order valence-corrected chi connectivity index (χ1v) is 12.7. The number of imidazole rings is 1. The van der Waals surface area contributed by atoms with Crippen LogP contribution in [-0.2, 0) is 32.9 Å². The molecule has 0 amide bonds. The van der Waals surface area contributed by atoms with E-state index in [1.165, 1.54) is 6.07 Å². The molecule has 0 bridgehead atoms. The van der Waals surface area contributed by atoms with Crippen LogP contribution in [0.4, 0.5) is 8.78 Å². The molecule has 2 heterocycles.